The molecule has 1 amide bonds. The topological polar surface area (TPSA) is 64.8 Å². The first-order valence-electron chi connectivity index (χ1n) is 14.1. The van der Waals surface area contributed by atoms with Gasteiger partial charge in [0.25, 0.3) is 0 Å². The van der Waals surface area contributed by atoms with Gasteiger partial charge in [0.2, 0.25) is 0 Å². The van der Waals surface area contributed by atoms with Crippen molar-refractivity contribution >= 4 is 16.6 Å². The van der Waals surface area contributed by atoms with Crippen LogP contribution < -0.4 is 5.73 Å². The number of amides is 1. The molecule has 2 N–H and O–H groups in total. The molecule has 0 aliphatic carbocycles. The predicted molar refractivity (Wildman–Crippen MR) is 160 cm³/mol. The van der Waals surface area contributed by atoms with Crippen LogP contribution in [-0.2, 0) is 32.9 Å². The summed E-state index contributed by atoms with van der Waals surface area (Å²) in [7, 11) is 0. The number of alkyl halides is 3. The van der Waals surface area contributed by atoms with E-state index in [4.69, 9.17) is 15.2 Å². The molecule has 0 aliphatic heterocycles. The van der Waals surface area contributed by atoms with Gasteiger partial charge in [-0.2, -0.15) is 13.2 Å². The van der Waals surface area contributed by atoms with Crippen LogP contribution in [0.3, 0.4) is 0 Å². The fourth-order valence-electron chi connectivity index (χ4n) is 3.93. The van der Waals surface area contributed by atoms with Gasteiger partial charge in [0, 0.05) is 5.57 Å². The molecule has 0 aliphatic rings. The first-order valence-corrected chi connectivity index (χ1v) is 14.8. The third-order valence-corrected chi connectivity index (χ3v) is 6.86. The smallest absolute Gasteiger partial charge is 0.167 e. The van der Waals surface area contributed by atoms with E-state index in [1.807, 2.05) is 30.9 Å². The molecule has 3 unspecified atom stereocenters. The van der Waals surface area contributed by atoms with E-state index in [2.05, 4.69) is 81.6 Å². The number of nitrogens with zero attached hydrogens (tertiary/aromatic N) is 1. The molecule has 0 heterocycles. The quantitative estimate of drug-likeness (QED) is 0.129. The van der Waals surface area contributed by atoms with E-state index in [1.165, 1.54) is 11.1 Å². The minimum atomic E-state index is -4.19. The van der Waals surface area contributed by atoms with E-state index in [9.17, 15) is 18.0 Å². The molecule has 9 heteroatoms. The minimum Gasteiger partial charge on any atom is -0.167 e. The van der Waals surface area contributed by atoms with Gasteiger partial charge in [-0.05, 0) is 6.92 Å². The maximum atomic E-state index is 13.3. The molecule has 0 bridgehead atoms. The fourth-order valence-corrected chi connectivity index (χ4v) is 4.33. The first-order chi connectivity index (χ1) is 19.1. The molecular weight excluding hydrogens is 568 g/mol. The van der Waals surface area contributed by atoms with Gasteiger partial charge < -0.3 is 0 Å². The van der Waals surface area contributed by atoms with E-state index in [0.717, 1.165) is 38.2 Å². The van der Waals surface area contributed by atoms with Crippen molar-refractivity contribution in [2.24, 2.45) is 11.7 Å². The van der Waals surface area contributed by atoms with Crippen LogP contribution in [0.5, 0.6) is 0 Å². The number of unbranched alkanes of at least 4 members (excludes halogenated alkanes) is 1. The van der Waals surface area contributed by atoms with Gasteiger partial charge >= 0.3 is 223 Å². The molecule has 5 nitrogen and oxygen atoms in total. The average molecular weight is 618 g/mol. The molecule has 0 saturated heterocycles. The summed E-state index contributed by atoms with van der Waals surface area (Å²) in [6, 6.07) is 5.96. The van der Waals surface area contributed by atoms with E-state index < -0.39 is 18.0 Å². The van der Waals surface area contributed by atoms with E-state index in [0.29, 0.717) is 16.9 Å². The van der Waals surface area contributed by atoms with Gasteiger partial charge in [0.15, 0.2) is 0 Å². The summed E-state index contributed by atoms with van der Waals surface area (Å²) in [6.07, 6.45) is 6.53. The van der Waals surface area contributed by atoms with E-state index in [-0.39, 0.29) is 18.2 Å². The summed E-state index contributed by atoms with van der Waals surface area (Å²) in [5, 5.41) is 0. The van der Waals surface area contributed by atoms with E-state index in [1.54, 1.807) is 6.92 Å². The molecule has 0 saturated carbocycles. The van der Waals surface area contributed by atoms with Gasteiger partial charge in [-0.3, -0.25) is 0 Å². The molecule has 1 aromatic carbocycles. The Morgan fingerprint density at radius 3 is 2.24 bits per heavy atom. The number of hydrogen-bond acceptors (Lipinski definition) is 4. The van der Waals surface area contributed by atoms with Crippen molar-refractivity contribution in [3.8, 4) is 0 Å². The summed E-state index contributed by atoms with van der Waals surface area (Å²) >= 11 is 2.38. The molecule has 0 radical (unpaired) electrons. The zero-order valence-electron chi connectivity index (χ0n) is 25.9. The molecule has 3 atom stereocenters. The second-order valence-electron chi connectivity index (χ2n) is 10.3. The Balaban J connectivity index is 0.00000201. The molecule has 1 rings (SSSR count). The van der Waals surface area contributed by atoms with Crippen molar-refractivity contribution in [2.45, 2.75) is 106 Å². The molecule has 1 aromatic rings. The summed E-state index contributed by atoms with van der Waals surface area (Å²) in [6.45, 7) is 18.4. The Morgan fingerprint density at radius 1 is 1.15 bits per heavy atom. The van der Waals surface area contributed by atoms with Crippen LogP contribution >= 0.6 is 0 Å². The van der Waals surface area contributed by atoms with Crippen molar-refractivity contribution < 1.29 is 44.4 Å². The summed E-state index contributed by atoms with van der Waals surface area (Å²) in [4.78, 5) is 15.1. The van der Waals surface area contributed by atoms with Crippen molar-refractivity contribution in [1.82, 2.24) is 4.90 Å². The number of allylic oxidation sites excluding steroid dienone is 4. The zero-order chi connectivity index (χ0) is 31.8. The summed E-state index contributed by atoms with van der Waals surface area (Å²) in [5.41, 5.74) is 9.01. The average Bonchev–Trinajstić information content (AvgIpc) is 2.87. The van der Waals surface area contributed by atoms with Crippen LogP contribution in [0.4, 0.5) is 18.0 Å². The third kappa shape index (κ3) is 15.1. The number of halogens is 3. The van der Waals surface area contributed by atoms with Crippen LogP contribution in [0.25, 0.3) is 6.08 Å². The molecule has 0 fully saturated rings. The number of carbonyl (C=O) groups excluding carboxylic acids is 1. The second kappa shape index (κ2) is 19.9. The molecule has 231 valence electrons. The third-order valence-electron chi connectivity index (χ3n) is 6.18. The predicted octanol–water partition coefficient (Wildman–Crippen LogP) is 8.68. The number of hydrogen-bond donors (Lipinski definition) is 1. The molecular formula is C32H49F3N2O3V. The standard InChI is InChI=1S/C28H44N2O3.C4H5F3.V/c1-8-11-12-13-18-30(28(31)33-23(7)32-20-25(29)19-21(4)5)22(6)26-17-14-16-24(10-3)27(26)15-9-2;1-3(2)4(5,6)7;/h8-9,11,14-17,21-23,25H,10,12-13,18-19,29H2,1-7H3;1H2,2H3;/b11-8-,15-9-;;. The fraction of sp³-hybridized carbons (Fsp3) is 0.562. The maximum absolute atomic E-state index is 13.3. The van der Waals surface area contributed by atoms with Gasteiger partial charge in [0.05, 0.1) is 0 Å². The second-order valence-corrected chi connectivity index (χ2v) is 11.0. The minimum absolute atomic E-state index is 0.146. The van der Waals surface area contributed by atoms with Gasteiger partial charge in [0.1, 0.15) is 0 Å². The van der Waals surface area contributed by atoms with Gasteiger partial charge in [-0.15, -0.1) is 0 Å². The number of rotatable bonds is 14. The molecule has 41 heavy (non-hydrogen) atoms. The van der Waals surface area contributed by atoms with Crippen LogP contribution in [0.2, 0.25) is 0 Å². The van der Waals surface area contributed by atoms with Crippen molar-refractivity contribution in [3.63, 3.8) is 0 Å². The van der Waals surface area contributed by atoms with Crippen LogP contribution in [0.1, 0.15) is 97.4 Å². The Hall–Kier alpha value is -2.13. The summed E-state index contributed by atoms with van der Waals surface area (Å²) < 4.78 is 45.4. The monoisotopic (exact) mass is 617 g/mol. The Kier molecular flexibility index (Phi) is 18.9. The van der Waals surface area contributed by atoms with Crippen LogP contribution in [-0.4, -0.2) is 40.5 Å². The Bertz CT molecular complexity index is 1020. The Morgan fingerprint density at radius 2 is 1.76 bits per heavy atom. The van der Waals surface area contributed by atoms with Crippen LogP contribution in [0, 0.1) is 5.92 Å². The van der Waals surface area contributed by atoms with Gasteiger partial charge in [-0.25, -0.2) is 0 Å². The number of carbonyl (C=O) groups is 1. The van der Waals surface area contributed by atoms with Crippen molar-refractivity contribution in [2.75, 3.05) is 6.54 Å². The normalized spacial score (nSPS) is 14.0. The molecule has 0 spiro atoms. The first kappa shape index (κ1) is 38.9. The number of nitrogens with two attached hydrogens (primary N) is 1. The van der Waals surface area contributed by atoms with E-state index >= 15 is 0 Å². The number of aryl methyl sites for hydroxylation is 1. The summed E-state index contributed by atoms with van der Waals surface area (Å²) in [5.74, 6) is 0.453. The SMILES string of the molecule is C/C=C\CCCN(C(=O)OC(C)O[C](=[V])C(N)CC(C)C)C(C)c1cccc(CC)c1/C=C\C.C=C(C)C(F)(F)F. The number of benzene rings is 1. The van der Waals surface area contributed by atoms with Crippen molar-refractivity contribution in [3.05, 3.63) is 65.3 Å². The molecule has 0 aromatic heterocycles. The number of ether oxygens (including phenoxy) is 2. The Labute approximate surface area is 254 Å². The van der Waals surface area contributed by atoms with Crippen molar-refractivity contribution in [1.29, 1.82) is 0 Å². The zero-order valence-corrected chi connectivity index (χ0v) is 27.3. The van der Waals surface area contributed by atoms with Gasteiger partial charge in [-0.1, -0.05) is 6.58 Å². The van der Waals surface area contributed by atoms with Crippen LogP contribution in [0.15, 0.2) is 48.6 Å².